The van der Waals surface area contributed by atoms with Crippen LogP contribution in [0.3, 0.4) is 0 Å². The number of pyridine rings is 1. The Hall–Kier alpha value is -1.19. The summed E-state index contributed by atoms with van der Waals surface area (Å²) in [5, 5.41) is 0. The summed E-state index contributed by atoms with van der Waals surface area (Å²) in [6.07, 6.45) is 2.74. The Balaban J connectivity index is 1.78. The van der Waals surface area contributed by atoms with Gasteiger partial charge in [-0.2, -0.15) is 0 Å². The first kappa shape index (κ1) is 11.9. The second-order valence-corrected chi connectivity index (χ2v) is 5.62. The molecule has 2 aromatic rings. The zero-order chi connectivity index (χ0) is 12.4. The number of benzene rings is 1. The molecule has 1 aliphatic rings. The number of rotatable bonds is 3. The Morgan fingerprint density at radius 2 is 2.06 bits per heavy atom. The number of halogens is 1. The molecule has 0 saturated heterocycles. The molecule has 0 N–H and O–H groups in total. The van der Waals surface area contributed by atoms with Gasteiger partial charge in [-0.05, 0) is 28.8 Å². The van der Waals surface area contributed by atoms with Gasteiger partial charge in [-0.1, -0.05) is 40.2 Å². The molecule has 3 rings (SSSR count). The Labute approximate surface area is 115 Å². The molecule has 3 heteroatoms. The van der Waals surface area contributed by atoms with Crippen LogP contribution in [0.25, 0.3) is 0 Å². The maximum Gasteiger partial charge on any atom is 0.0725 e. The minimum atomic E-state index is 0.304. The van der Waals surface area contributed by atoms with E-state index in [4.69, 9.17) is 4.74 Å². The lowest BCUT2D eigenvalue weighted by Gasteiger charge is -2.11. The summed E-state index contributed by atoms with van der Waals surface area (Å²) in [5.41, 5.74) is 5.04. The number of aromatic nitrogens is 1. The van der Waals surface area contributed by atoms with Crippen LogP contribution in [-0.2, 0) is 24.4 Å². The van der Waals surface area contributed by atoms with Crippen molar-refractivity contribution < 1.29 is 4.74 Å². The van der Waals surface area contributed by atoms with Crippen molar-refractivity contribution in [3.05, 3.63) is 65.0 Å². The smallest absolute Gasteiger partial charge is 0.0725 e. The second-order valence-electron chi connectivity index (χ2n) is 4.51. The Morgan fingerprint density at radius 3 is 2.89 bits per heavy atom. The summed E-state index contributed by atoms with van der Waals surface area (Å²) in [6.45, 7) is 1.50. The standard InChI is InChI=1S/C15H14BrNO/c16-15(8-14-3-1-2-6-17-14)11-4-5-12-9-18-10-13(12)7-11/h1-7,15H,8-10H2. The van der Waals surface area contributed by atoms with Crippen LogP contribution in [0.4, 0.5) is 0 Å². The van der Waals surface area contributed by atoms with Crippen molar-refractivity contribution in [1.82, 2.24) is 4.98 Å². The van der Waals surface area contributed by atoms with Gasteiger partial charge in [0.25, 0.3) is 0 Å². The third-order valence-electron chi connectivity index (χ3n) is 3.22. The van der Waals surface area contributed by atoms with E-state index in [1.54, 1.807) is 0 Å². The van der Waals surface area contributed by atoms with Crippen molar-refractivity contribution in [2.75, 3.05) is 0 Å². The first-order valence-electron chi connectivity index (χ1n) is 6.06. The lowest BCUT2D eigenvalue weighted by Crippen LogP contribution is -1.98. The maximum absolute atomic E-state index is 5.44. The molecule has 0 fully saturated rings. The molecule has 0 bridgehead atoms. The topological polar surface area (TPSA) is 22.1 Å². The molecule has 2 heterocycles. The number of hydrogen-bond acceptors (Lipinski definition) is 2. The van der Waals surface area contributed by atoms with Gasteiger partial charge in [0.15, 0.2) is 0 Å². The highest BCUT2D eigenvalue weighted by molar-refractivity contribution is 9.09. The van der Waals surface area contributed by atoms with Crippen molar-refractivity contribution >= 4 is 15.9 Å². The average Bonchev–Trinajstić information content (AvgIpc) is 2.87. The first-order chi connectivity index (χ1) is 8.83. The molecule has 1 aliphatic heterocycles. The van der Waals surface area contributed by atoms with E-state index in [-0.39, 0.29) is 0 Å². The molecule has 0 amide bonds. The van der Waals surface area contributed by atoms with E-state index in [0.717, 1.165) is 25.3 Å². The highest BCUT2D eigenvalue weighted by Crippen LogP contribution is 2.30. The maximum atomic E-state index is 5.44. The lowest BCUT2D eigenvalue weighted by molar-refractivity contribution is 0.134. The molecule has 0 spiro atoms. The van der Waals surface area contributed by atoms with E-state index < -0.39 is 0 Å². The third kappa shape index (κ3) is 2.47. The molecular weight excluding hydrogens is 290 g/mol. The molecule has 2 nitrogen and oxygen atoms in total. The lowest BCUT2D eigenvalue weighted by atomic mass is 10.0. The van der Waals surface area contributed by atoms with Gasteiger partial charge in [0.05, 0.1) is 13.2 Å². The third-order valence-corrected chi connectivity index (χ3v) is 4.07. The van der Waals surface area contributed by atoms with Gasteiger partial charge < -0.3 is 4.74 Å². The van der Waals surface area contributed by atoms with E-state index in [0.29, 0.717) is 4.83 Å². The van der Waals surface area contributed by atoms with Gasteiger partial charge in [0, 0.05) is 23.1 Å². The fourth-order valence-corrected chi connectivity index (χ4v) is 2.82. The Bertz CT molecular complexity index is 541. The van der Waals surface area contributed by atoms with E-state index in [1.807, 2.05) is 18.3 Å². The number of nitrogens with zero attached hydrogens (tertiary/aromatic N) is 1. The van der Waals surface area contributed by atoms with E-state index in [1.165, 1.54) is 16.7 Å². The van der Waals surface area contributed by atoms with E-state index in [9.17, 15) is 0 Å². The SMILES string of the molecule is BrC(Cc1ccccn1)c1ccc2c(c1)COC2. The molecular formula is C15H14BrNO. The molecule has 18 heavy (non-hydrogen) atoms. The minimum absolute atomic E-state index is 0.304. The molecule has 0 radical (unpaired) electrons. The molecule has 92 valence electrons. The predicted octanol–water partition coefficient (Wildman–Crippen LogP) is 3.79. The van der Waals surface area contributed by atoms with Crippen LogP contribution in [0.5, 0.6) is 0 Å². The molecule has 1 unspecified atom stereocenters. The van der Waals surface area contributed by atoms with Crippen molar-refractivity contribution in [3.63, 3.8) is 0 Å². The normalized spacial score (nSPS) is 15.4. The van der Waals surface area contributed by atoms with Crippen molar-refractivity contribution in [2.45, 2.75) is 24.5 Å². The van der Waals surface area contributed by atoms with Gasteiger partial charge in [-0.25, -0.2) is 0 Å². The van der Waals surface area contributed by atoms with Crippen molar-refractivity contribution in [2.24, 2.45) is 0 Å². The second kappa shape index (κ2) is 5.21. The summed E-state index contributed by atoms with van der Waals surface area (Å²) in [4.78, 5) is 4.67. The summed E-state index contributed by atoms with van der Waals surface area (Å²) in [7, 11) is 0. The van der Waals surface area contributed by atoms with Crippen molar-refractivity contribution in [1.29, 1.82) is 0 Å². The summed E-state index contributed by atoms with van der Waals surface area (Å²) in [6, 6.07) is 12.6. The fraction of sp³-hybridized carbons (Fsp3) is 0.267. The van der Waals surface area contributed by atoms with Crippen LogP contribution >= 0.6 is 15.9 Å². The number of hydrogen-bond donors (Lipinski definition) is 0. The summed E-state index contributed by atoms with van der Waals surface area (Å²) in [5.74, 6) is 0. The van der Waals surface area contributed by atoms with Crippen LogP contribution in [0.1, 0.15) is 27.2 Å². The summed E-state index contributed by atoms with van der Waals surface area (Å²) >= 11 is 3.75. The first-order valence-corrected chi connectivity index (χ1v) is 6.98. The molecule has 1 atom stereocenters. The summed E-state index contributed by atoms with van der Waals surface area (Å²) < 4.78 is 5.44. The number of alkyl halides is 1. The molecule has 1 aromatic heterocycles. The monoisotopic (exact) mass is 303 g/mol. The molecule has 0 saturated carbocycles. The van der Waals surface area contributed by atoms with Gasteiger partial charge in [-0.3, -0.25) is 4.98 Å². The van der Waals surface area contributed by atoms with Gasteiger partial charge in [0.2, 0.25) is 0 Å². The van der Waals surface area contributed by atoms with Crippen LogP contribution in [0, 0.1) is 0 Å². The largest absolute Gasteiger partial charge is 0.372 e. The highest BCUT2D eigenvalue weighted by Gasteiger charge is 2.15. The molecule has 1 aromatic carbocycles. The molecule has 0 aliphatic carbocycles. The number of ether oxygens (including phenoxy) is 1. The minimum Gasteiger partial charge on any atom is -0.372 e. The van der Waals surface area contributed by atoms with Gasteiger partial charge >= 0.3 is 0 Å². The quantitative estimate of drug-likeness (QED) is 0.805. The van der Waals surface area contributed by atoms with E-state index >= 15 is 0 Å². The van der Waals surface area contributed by atoms with Crippen LogP contribution in [0.15, 0.2) is 42.6 Å². The predicted molar refractivity (Wildman–Crippen MR) is 74.5 cm³/mol. The van der Waals surface area contributed by atoms with Crippen LogP contribution in [-0.4, -0.2) is 4.98 Å². The number of fused-ring (bicyclic) bond motifs is 1. The van der Waals surface area contributed by atoms with Crippen molar-refractivity contribution in [3.8, 4) is 0 Å². The average molecular weight is 304 g/mol. The Kier molecular flexibility index (Phi) is 3.43. The highest BCUT2D eigenvalue weighted by atomic mass is 79.9. The fourth-order valence-electron chi connectivity index (χ4n) is 2.21. The zero-order valence-corrected chi connectivity index (χ0v) is 11.6. The zero-order valence-electron chi connectivity index (χ0n) is 9.97. The van der Waals surface area contributed by atoms with Gasteiger partial charge in [0.1, 0.15) is 0 Å². The van der Waals surface area contributed by atoms with Crippen LogP contribution < -0.4 is 0 Å². The van der Waals surface area contributed by atoms with Crippen LogP contribution in [0.2, 0.25) is 0 Å². The van der Waals surface area contributed by atoms with E-state index in [2.05, 4.69) is 45.2 Å². The van der Waals surface area contributed by atoms with Gasteiger partial charge in [-0.15, -0.1) is 0 Å². The Morgan fingerprint density at radius 1 is 1.17 bits per heavy atom.